The zero-order valence-corrected chi connectivity index (χ0v) is 21.2. The fraction of sp³-hybridized carbons (Fsp3) is 0.226. The molecule has 4 rings (SSSR count). The van der Waals surface area contributed by atoms with Gasteiger partial charge in [0.25, 0.3) is 0 Å². The van der Waals surface area contributed by atoms with E-state index in [1.165, 1.54) is 18.2 Å². The second-order valence-electron chi connectivity index (χ2n) is 8.62. The lowest BCUT2D eigenvalue weighted by molar-refractivity contribution is 0.274. The van der Waals surface area contributed by atoms with Gasteiger partial charge in [0.15, 0.2) is 23.1 Å². The maximum absolute atomic E-state index is 15.0. The minimum absolute atomic E-state index is 0.0431. The van der Waals surface area contributed by atoms with Crippen molar-refractivity contribution in [3.63, 3.8) is 0 Å². The van der Waals surface area contributed by atoms with Crippen LogP contribution in [0.25, 0.3) is 22.3 Å². The number of unbranched alkanes of at least 4 members (excludes halogenated alkanes) is 1. The molecule has 198 valence electrons. The van der Waals surface area contributed by atoms with Crippen LogP contribution in [0.15, 0.2) is 72.8 Å². The largest absolute Gasteiger partial charge is 0.494 e. The number of hydrogen-bond acceptors (Lipinski definition) is 3. The second-order valence-corrected chi connectivity index (χ2v) is 8.62. The van der Waals surface area contributed by atoms with Crippen molar-refractivity contribution in [2.75, 3.05) is 13.2 Å². The zero-order valence-electron chi connectivity index (χ0n) is 21.2. The lowest BCUT2D eigenvalue weighted by Crippen LogP contribution is -2.02. The van der Waals surface area contributed by atoms with E-state index in [4.69, 9.17) is 14.2 Å². The third-order valence-corrected chi connectivity index (χ3v) is 5.98. The lowest BCUT2D eigenvalue weighted by Gasteiger charge is -2.12. The van der Waals surface area contributed by atoms with Gasteiger partial charge in [-0.3, -0.25) is 0 Å². The van der Waals surface area contributed by atoms with Gasteiger partial charge in [0.05, 0.1) is 13.2 Å². The van der Waals surface area contributed by atoms with E-state index < -0.39 is 23.3 Å². The Morgan fingerprint density at radius 1 is 0.553 bits per heavy atom. The van der Waals surface area contributed by atoms with Gasteiger partial charge in [-0.25, -0.2) is 8.78 Å². The van der Waals surface area contributed by atoms with E-state index in [0.717, 1.165) is 12.8 Å². The smallest absolute Gasteiger partial charge is 0.204 e. The lowest BCUT2D eigenvalue weighted by atomic mass is 9.98. The number of halogens is 4. The summed E-state index contributed by atoms with van der Waals surface area (Å²) in [5.41, 5.74) is 1.91. The average Bonchev–Trinajstić information content (AvgIpc) is 2.93. The maximum atomic E-state index is 15.0. The molecule has 4 aromatic rings. The van der Waals surface area contributed by atoms with Crippen LogP contribution in [0.3, 0.4) is 0 Å². The summed E-state index contributed by atoms with van der Waals surface area (Å²) >= 11 is 0. The molecule has 0 atom stereocenters. The molecule has 0 amide bonds. The van der Waals surface area contributed by atoms with Crippen molar-refractivity contribution in [2.45, 2.75) is 33.3 Å². The second kappa shape index (κ2) is 12.5. The first-order valence-corrected chi connectivity index (χ1v) is 12.5. The molecule has 0 unspecified atom stereocenters. The third kappa shape index (κ3) is 6.10. The quantitative estimate of drug-likeness (QED) is 0.145. The van der Waals surface area contributed by atoms with Crippen LogP contribution in [0.5, 0.6) is 17.2 Å². The van der Waals surface area contributed by atoms with E-state index in [-0.39, 0.29) is 35.8 Å². The Kier molecular flexibility index (Phi) is 8.89. The summed E-state index contributed by atoms with van der Waals surface area (Å²) in [7, 11) is 0. The standard InChI is InChI=1S/C31H28F4O3/c1-3-5-18-37-23-12-10-22(11-13-23)25-15-14-24(28(32)29(25)33)21-8-6-20(7-9-21)19-38-27-17-16-26(36-4-2)30(34)31(27)35/h6-17H,3-5,18-19H2,1-2H3. The van der Waals surface area contributed by atoms with Crippen LogP contribution in [0.2, 0.25) is 0 Å². The predicted molar refractivity (Wildman–Crippen MR) is 139 cm³/mol. The van der Waals surface area contributed by atoms with Crippen molar-refractivity contribution in [3.05, 3.63) is 102 Å². The van der Waals surface area contributed by atoms with E-state index in [2.05, 4.69) is 6.92 Å². The van der Waals surface area contributed by atoms with Crippen molar-refractivity contribution in [2.24, 2.45) is 0 Å². The molecule has 7 heteroatoms. The highest BCUT2D eigenvalue weighted by Gasteiger charge is 2.17. The summed E-state index contributed by atoms with van der Waals surface area (Å²) < 4.78 is 74.4. The summed E-state index contributed by atoms with van der Waals surface area (Å²) in [4.78, 5) is 0. The third-order valence-electron chi connectivity index (χ3n) is 5.98. The van der Waals surface area contributed by atoms with Crippen LogP contribution < -0.4 is 14.2 Å². The summed E-state index contributed by atoms with van der Waals surface area (Å²) in [6, 6.07) is 19.1. The highest BCUT2D eigenvalue weighted by Crippen LogP contribution is 2.33. The Morgan fingerprint density at radius 3 is 1.61 bits per heavy atom. The molecule has 0 saturated heterocycles. The van der Waals surface area contributed by atoms with E-state index in [9.17, 15) is 8.78 Å². The van der Waals surface area contributed by atoms with Crippen LogP contribution in [0, 0.1) is 23.3 Å². The maximum Gasteiger partial charge on any atom is 0.204 e. The molecule has 0 saturated carbocycles. The summed E-state index contributed by atoms with van der Waals surface area (Å²) in [5, 5.41) is 0. The molecule has 0 aliphatic rings. The Bertz CT molecular complexity index is 1370. The normalized spacial score (nSPS) is 10.9. The molecule has 0 spiro atoms. The number of ether oxygens (including phenoxy) is 3. The van der Waals surface area contributed by atoms with Crippen molar-refractivity contribution in [1.29, 1.82) is 0 Å². The van der Waals surface area contributed by atoms with Gasteiger partial charge in [-0.05, 0) is 54.3 Å². The first-order chi connectivity index (χ1) is 18.4. The summed E-state index contributed by atoms with van der Waals surface area (Å²) in [5.74, 6) is -3.90. The SMILES string of the molecule is CCCCOc1ccc(-c2ccc(-c3ccc(COc4ccc(OCC)c(F)c4F)cc3)c(F)c2F)cc1. The molecule has 0 aromatic heterocycles. The number of hydrogen-bond donors (Lipinski definition) is 0. The Labute approximate surface area is 219 Å². The van der Waals surface area contributed by atoms with Crippen molar-refractivity contribution in [3.8, 4) is 39.5 Å². The predicted octanol–water partition coefficient (Wildman–Crippen LogP) is 8.73. The van der Waals surface area contributed by atoms with E-state index in [1.54, 1.807) is 61.5 Å². The molecule has 3 nitrogen and oxygen atoms in total. The highest BCUT2D eigenvalue weighted by molar-refractivity contribution is 5.72. The Morgan fingerprint density at radius 2 is 1.08 bits per heavy atom. The molecule has 0 fully saturated rings. The Hall–Kier alpha value is -4.00. The molecular formula is C31H28F4O3. The zero-order chi connectivity index (χ0) is 27.1. The topological polar surface area (TPSA) is 27.7 Å². The van der Waals surface area contributed by atoms with Crippen molar-refractivity contribution >= 4 is 0 Å². The van der Waals surface area contributed by atoms with Gasteiger partial charge in [-0.15, -0.1) is 0 Å². The summed E-state index contributed by atoms with van der Waals surface area (Å²) in [6.07, 6.45) is 1.97. The van der Waals surface area contributed by atoms with E-state index >= 15 is 8.78 Å². The fourth-order valence-corrected chi connectivity index (χ4v) is 3.89. The van der Waals surface area contributed by atoms with Crippen LogP contribution in [-0.4, -0.2) is 13.2 Å². The van der Waals surface area contributed by atoms with Gasteiger partial charge in [0.1, 0.15) is 12.4 Å². The van der Waals surface area contributed by atoms with Gasteiger partial charge in [-0.2, -0.15) is 8.78 Å². The molecule has 38 heavy (non-hydrogen) atoms. The molecule has 0 aliphatic heterocycles. The molecule has 0 N–H and O–H groups in total. The average molecular weight is 525 g/mol. The summed E-state index contributed by atoms with van der Waals surface area (Å²) in [6.45, 7) is 4.52. The van der Waals surface area contributed by atoms with Crippen molar-refractivity contribution in [1.82, 2.24) is 0 Å². The number of rotatable bonds is 11. The molecular weight excluding hydrogens is 496 g/mol. The first-order valence-electron chi connectivity index (χ1n) is 12.5. The van der Waals surface area contributed by atoms with Crippen LogP contribution in [0.4, 0.5) is 17.6 Å². The van der Waals surface area contributed by atoms with E-state index in [0.29, 0.717) is 29.0 Å². The molecule has 0 bridgehead atoms. The van der Waals surface area contributed by atoms with Gasteiger partial charge in [0.2, 0.25) is 11.6 Å². The fourth-order valence-electron chi connectivity index (χ4n) is 3.89. The Balaban J connectivity index is 1.45. The molecule has 0 aliphatic carbocycles. The molecule has 0 heterocycles. The minimum atomic E-state index is -1.14. The van der Waals surface area contributed by atoms with Gasteiger partial charge in [-0.1, -0.05) is 61.9 Å². The van der Waals surface area contributed by atoms with E-state index in [1.807, 2.05) is 0 Å². The number of benzene rings is 4. The minimum Gasteiger partial charge on any atom is -0.494 e. The van der Waals surface area contributed by atoms with Crippen LogP contribution in [-0.2, 0) is 6.61 Å². The molecule has 0 radical (unpaired) electrons. The first kappa shape index (κ1) is 27.0. The van der Waals surface area contributed by atoms with Crippen LogP contribution in [0.1, 0.15) is 32.3 Å². The van der Waals surface area contributed by atoms with Crippen LogP contribution >= 0.6 is 0 Å². The van der Waals surface area contributed by atoms with Gasteiger partial charge < -0.3 is 14.2 Å². The van der Waals surface area contributed by atoms with Crippen molar-refractivity contribution < 1.29 is 31.8 Å². The van der Waals surface area contributed by atoms with Gasteiger partial charge >= 0.3 is 0 Å². The monoisotopic (exact) mass is 524 g/mol. The molecule has 4 aromatic carbocycles. The highest BCUT2D eigenvalue weighted by atomic mass is 19.2. The van der Waals surface area contributed by atoms with Gasteiger partial charge in [0, 0.05) is 11.1 Å².